The topological polar surface area (TPSA) is 114 Å². The SMILES string of the molecule is CCOC(CNC(=O)CC(CC)CNC(=O)OCC1c2ccccc2-c2ccccc21)CC(=O)O. The maximum absolute atomic E-state index is 12.4. The van der Waals surface area contributed by atoms with Crippen molar-refractivity contribution < 1.29 is 29.0 Å². The van der Waals surface area contributed by atoms with Gasteiger partial charge in [0, 0.05) is 32.0 Å². The number of rotatable bonds is 13. The zero-order chi connectivity index (χ0) is 25.2. The van der Waals surface area contributed by atoms with Crippen LogP contribution in [0.25, 0.3) is 11.1 Å². The van der Waals surface area contributed by atoms with Gasteiger partial charge in [-0.05, 0) is 35.1 Å². The minimum absolute atomic E-state index is 0.00927. The highest BCUT2D eigenvalue weighted by atomic mass is 16.5. The van der Waals surface area contributed by atoms with Gasteiger partial charge in [-0.2, -0.15) is 0 Å². The van der Waals surface area contributed by atoms with Crippen molar-refractivity contribution in [3.63, 3.8) is 0 Å². The van der Waals surface area contributed by atoms with E-state index in [2.05, 4.69) is 34.9 Å². The second-order valence-electron chi connectivity index (χ2n) is 8.66. The van der Waals surface area contributed by atoms with Crippen LogP contribution in [-0.4, -0.2) is 55.5 Å². The summed E-state index contributed by atoms with van der Waals surface area (Å²) in [5.74, 6) is -1.26. The van der Waals surface area contributed by atoms with E-state index in [1.165, 1.54) is 11.1 Å². The van der Waals surface area contributed by atoms with Gasteiger partial charge >= 0.3 is 12.1 Å². The van der Waals surface area contributed by atoms with Crippen molar-refractivity contribution in [2.24, 2.45) is 5.92 Å². The van der Waals surface area contributed by atoms with E-state index < -0.39 is 18.2 Å². The van der Waals surface area contributed by atoms with Gasteiger partial charge in [-0.15, -0.1) is 0 Å². The van der Waals surface area contributed by atoms with Crippen LogP contribution in [0.1, 0.15) is 50.2 Å². The summed E-state index contributed by atoms with van der Waals surface area (Å²) in [6.07, 6.45) is -0.342. The van der Waals surface area contributed by atoms with Gasteiger partial charge in [0.1, 0.15) is 6.61 Å². The molecule has 3 N–H and O–H groups in total. The number of ether oxygens (including phenoxy) is 2. The molecule has 2 amide bonds. The van der Waals surface area contributed by atoms with Crippen molar-refractivity contribution in [2.45, 2.75) is 45.1 Å². The zero-order valence-corrected chi connectivity index (χ0v) is 20.3. The Kier molecular flexibility index (Phi) is 9.66. The molecule has 2 aromatic carbocycles. The van der Waals surface area contributed by atoms with Crippen LogP contribution in [0, 0.1) is 5.92 Å². The largest absolute Gasteiger partial charge is 0.481 e. The van der Waals surface area contributed by atoms with Crippen LogP contribution in [0.2, 0.25) is 0 Å². The average Bonchev–Trinajstić information content (AvgIpc) is 3.17. The maximum atomic E-state index is 12.4. The zero-order valence-electron chi connectivity index (χ0n) is 20.3. The lowest BCUT2D eigenvalue weighted by Crippen LogP contribution is -2.37. The molecule has 2 unspecified atom stereocenters. The number of carboxylic acid groups (broad SMARTS) is 1. The van der Waals surface area contributed by atoms with Crippen LogP contribution >= 0.6 is 0 Å². The predicted octanol–water partition coefficient (Wildman–Crippen LogP) is 3.94. The molecule has 0 radical (unpaired) electrons. The molecule has 8 nitrogen and oxygen atoms in total. The molecule has 0 saturated carbocycles. The summed E-state index contributed by atoms with van der Waals surface area (Å²) in [6, 6.07) is 16.3. The third kappa shape index (κ3) is 7.29. The number of benzene rings is 2. The number of alkyl carbamates (subject to hydrolysis) is 1. The first kappa shape index (κ1) is 26.2. The smallest absolute Gasteiger partial charge is 0.407 e. The minimum Gasteiger partial charge on any atom is -0.481 e. The first-order chi connectivity index (χ1) is 16.9. The highest BCUT2D eigenvalue weighted by molar-refractivity contribution is 5.79. The van der Waals surface area contributed by atoms with E-state index in [1.54, 1.807) is 6.92 Å². The molecule has 8 heteroatoms. The monoisotopic (exact) mass is 482 g/mol. The van der Waals surface area contributed by atoms with Crippen LogP contribution in [0.4, 0.5) is 4.79 Å². The molecule has 2 aromatic rings. The number of carbonyl (C=O) groups is 3. The minimum atomic E-state index is -0.976. The molecule has 0 bridgehead atoms. The van der Waals surface area contributed by atoms with E-state index in [-0.39, 0.29) is 43.7 Å². The molecule has 0 spiro atoms. The first-order valence-corrected chi connectivity index (χ1v) is 12.1. The van der Waals surface area contributed by atoms with Crippen molar-refractivity contribution in [3.8, 4) is 11.1 Å². The second kappa shape index (κ2) is 12.9. The quantitative estimate of drug-likeness (QED) is 0.399. The summed E-state index contributed by atoms with van der Waals surface area (Å²) >= 11 is 0. The average molecular weight is 483 g/mol. The highest BCUT2D eigenvalue weighted by Gasteiger charge is 2.29. The van der Waals surface area contributed by atoms with Crippen LogP contribution < -0.4 is 10.6 Å². The summed E-state index contributed by atoms with van der Waals surface area (Å²) in [5, 5.41) is 14.5. The van der Waals surface area contributed by atoms with Gasteiger partial charge in [0.15, 0.2) is 0 Å². The van der Waals surface area contributed by atoms with Crippen LogP contribution in [0.3, 0.4) is 0 Å². The van der Waals surface area contributed by atoms with Crippen molar-refractivity contribution >= 4 is 18.0 Å². The molecule has 0 fully saturated rings. The molecular weight excluding hydrogens is 448 g/mol. The molecule has 0 aromatic heterocycles. The number of amides is 2. The fourth-order valence-corrected chi connectivity index (χ4v) is 4.42. The van der Waals surface area contributed by atoms with Gasteiger partial charge in [0.25, 0.3) is 0 Å². The summed E-state index contributed by atoms with van der Waals surface area (Å²) in [7, 11) is 0. The Hall–Kier alpha value is -3.39. The molecule has 2 atom stereocenters. The van der Waals surface area contributed by atoms with Crippen molar-refractivity contribution in [1.29, 1.82) is 0 Å². The van der Waals surface area contributed by atoms with Gasteiger partial charge in [-0.1, -0.05) is 61.9 Å². The number of hydrogen-bond donors (Lipinski definition) is 3. The van der Waals surface area contributed by atoms with Gasteiger partial charge in [-0.3, -0.25) is 9.59 Å². The summed E-state index contributed by atoms with van der Waals surface area (Å²) in [5.41, 5.74) is 4.64. The van der Waals surface area contributed by atoms with Crippen molar-refractivity contribution in [3.05, 3.63) is 59.7 Å². The fourth-order valence-electron chi connectivity index (χ4n) is 4.42. The Morgan fingerprint density at radius 2 is 1.54 bits per heavy atom. The van der Waals surface area contributed by atoms with Gasteiger partial charge in [0.05, 0.1) is 12.5 Å². The lowest BCUT2D eigenvalue weighted by Gasteiger charge is -2.19. The number of fused-ring (bicyclic) bond motifs is 3. The highest BCUT2D eigenvalue weighted by Crippen LogP contribution is 2.44. The van der Waals surface area contributed by atoms with Crippen molar-refractivity contribution in [1.82, 2.24) is 10.6 Å². The molecule has 1 aliphatic carbocycles. The van der Waals surface area contributed by atoms with E-state index in [0.717, 1.165) is 11.1 Å². The van der Waals surface area contributed by atoms with E-state index in [0.29, 0.717) is 19.6 Å². The standard InChI is InChI=1S/C27H34N2O6/c1-3-18(13-25(30)28-16-19(34-4-2)14-26(31)32)15-29-27(33)35-17-24-22-11-7-5-9-20(22)21-10-6-8-12-23(21)24/h5-12,18-19,24H,3-4,13-17H2,1-2H3,(H,28,30)(H,29,33)(H,31,32). The molecule has 0 saturated heterocycles. The van der Waals surface area contributed by atoms with Gasteiger partial charge in [-0.25, -0.2) is 4.79 Å². The molecule has 1 aliphatic rings. The van der Waals surface area contributed by atoms with E-state index in [9.17, 15) is 14.4 Å². The number of hydrogen-bond acceptors (Lipinski definition) is 5. The maximum Gasteiger partial charge on any atom is 0.407 e. The summed E-state index contributed by atoms with van der Waals surface area (Å²) in [6.45, 7) is 4.78. The van der Waals surface area contributed by atoms with Gasteiger partial charge in [0.2, 0.25) is 5.91 Å². The van der Waals surface area contributed by atoms with Crippen LogP contribution in [0.5, 0.6) is 0 Å². The Balaban J connectivity index is 1.45. The molecular formula is C27H34N2O6. The Morgan fingerprint density at radius 1 is 0.914 bits per heavy atom. The van der Waals surface area contributed by atoms with Crippen LogP contribution in [-0.2, 0) is 19.1 Å². The lowest BCUT2D eigenvalue weighted by molar-refractivity contribution is -0.140. The Bertz CT molecular complexity index is 979. The summed E-state index contributed by atoms with van der Waals surface area (Å²) < 4.78 is 10.9. The predicted molar refractivity (Wildman–Crippen MR) is 132 cm³/mol. The number of carboxylic acids is 1. The molecule has 0 aliphatic heterocycles. The van der Waals surface area contributed by atoms with E-state index >= 15 is 0 Å². The fraction of sp³-hybridized carbons (Fsp3) is 0.444. The number of nitrogens with one attached hydrogen (secondary N) is 2. The summed E-state index contributed by atoms with van der Waals surface area (Å²) in [4.78, 5) is 35.7. The van der Waals surface area contributed by atoms with Gasteiger partial charge < -0.3 is 25.2 Å². The Morgan fingerprint density at radius 3 is 2.11 bits per heavy atom. The normalized spacial score (nSPS) is 13.9. The first-order valence-electron chi connectivity index (χ1n) is 12.1. The molecule has 188 valence electrons. The molecule has 0 heterocycles. The Labute approximate surface area is 206 Å². The third-order valence-electron chi connectivity index (χ3n) is 6.26. The van der Waals surface area contributed by atoms with Crippen LogP contribution in [0.15, 0.2) is 48.5 Å². The third-order valence-corrected chi connectivity index (χ3v) is 6.26. The number of aliphatic carboxylic acids is 1. The second-order valence-corrected chi connectivity index (χ2v) is 8.66. The van der Waals surface area contributed by atoms with E-state index in [1.807, 2.05) is 31.2 Å². The molecule has 3 rings (SSSR count). The molecule has 35 heavy (non-hydrogen) atoms. The lowest BCUT2D eigenvalue weighted by atomic mass is 9.98. The van der Waals surface area contributed by atoms with E-state index in [4.69, 9.17) is 14.6 Å². The number of carbonyl (C=O) groups excluding carboxylic acids is 2. The van der Waals surface area contributed by atoms with Crippen molar-refractivity contribution in [2.75, 3.05) is 26.3 Å².